The van der Waals surface area contributed by atoms with Gasteiger partial charge < -0.3 is 35.6 Å². The van der Waals surface area contributed by atoms with Crippen LogP contribution in [0, 0.1) is 51.0 Å². The number of benzene rings is 4. The maximum absolute atomic E-state index is 15.1. The Balaban J connectivity index is 0.000000117. The maximum atomic E-state index is 15.1. The second kappa shape index (κ2) is 42.5. The van der Waals surface area contributed by atoms with Crippen LogP contribution in [0.3, 0.4) is 0 Å². The number of fused-ring (bicyclic) bond motifs is 11. The number of piperazine rings is 2. The van der Waals surface area contributed by atoms with Crippen molar-refractivity contribution in [3.05, 3.63) is 251 Å². The predicted molar refractivity (Wildman–Crippen MR) is 580 cm³/mol. The van der Waals surface area contributed by atoms with Crippen molar-refractivity contribution in [2.45, 2.75) is 268 Å². The van der Waals surface area contributed by atoms with E-state index in [4.69, 9.17) is 29.9 Å². The van der Waals surface area contributed by atoms with E-state index >= 15 is 17.6 Å². The average Bonchev–Trinajstić information content (AvgIpc) is 1.59. The lowest BCUT2D eigenvalue weighted by Crippen LogP contribution is -2.53. The van der Waals surface area contributed by atoms with Gasteiger partial charge in [0.15, 0.2) is 39.9 Å². The fourth-order valence-corrected chi connectivity index (χ4v) is 24.1. The quantitative estimate of drug-likeness (QED) is 0.0407. The number of piperidine rings is 3. The molecule has 5 saturated heterocycles. The standard InChI is InChI=1S/2C30H38FN8.C28H33FN7.C28H32FN7/c2*1-5-37-11-13-38(14-12-37)19-21-8-9-25(32-17-21)34-29-33-18-23(31)28(36-29)22-15-20(2)27-24(16-22)39-26(35-27)7-6-10-30(39,3)4;2*1-5-35-12-10-21-18(16-35)8-9-23(31-21)32-27-30-15-20(29)26(34-27)19-13-17(2)25-22(14-19)36-24(33-25)7-6-11-28(36,3)4/h2*8-9,15-18,26H,5-7,10-14,19H2,1-4H3,(H,32,33,34,36);8-9,13-15,24H,5-7,10-12,16H2,1-4H3,(H,30,31,32,34);8-9,13-15H,5-7,10-12,16H2,1-4H3,(H,30,31,32,34)/q3*+1;. The van der Waals surface area contributed by atoms with Crippen molar-refractivity contribution in [3.8, 4) is 45.0 Å². The van der Waals surface area contributed by atoms with Gasteiger partial charge in [0.1, 0.15) is 67.9 Å². The number of nitrogens with zero attached hydrogens (tertiary/aromatic N) is 26. The number of hydrogen-bond acceptors (Lipinski definition) is 26. The summed E-state index contributed by atoms with van der Waals surface area (Å²) in [6, 6.07) is 32.2. The van der Waals surface area contributed by atoms with E-state index in [0.717, 1.165) is 306 Å². The van der Waals surface area contributed by atoms with Crippen LogP contribution in [0.1, 0.15) is 215 Å². The number of aryl methyl sites for hydroxylation is 5. The molecular formula is C116H141F4N30+3. The molecule has 780 valence electrons. The predicted octanol–water partition coefficient (Wildman–Crippen LogP) is 15.6. The summed E-state index contributed by atoms with van der Waals surface area (Å²) in [5, 5.41) is 19.0. The van der Waals surface area contributed by atoms with E-state index in [1.807, 2.05) is 113 Å². The lowest BCUT2D eigenvalue weighted by molar-refractivity contribution is 0.132. The molecule has 0 aliphatic carbocycles. The third kappa shape index (κ3) is 21.5. The Morgan fingerprint density at radius 3 is 1.03 bits per heavy atom. The Hall–Kier alpha value is -13.3. The van der Waals surface area contributed by atoms with Crippen molar-refractivity contribution in [3.63, 3.8) is 0 Å². The average molecular weight is 2030 g/mol. The van der Waals surface area contributed by atoms with Crippen LogP contribution in [-0.4, -0.2) is 225 Å². The molecule has 11 aliphatic rings. The maximum Gasteiger partial charge on any atom is 0.247 e. The lowest BCUT2D eigenvalue weighted by atomic mass is 9.90. The molecule has 0 spiro atoms. The van der Waals surface area contributed by atoms with E-state index in [-0.39, 0.29) is 63.4 Å². The molecule has 9 aromatic heterocycles. The van der Waals surface area contributed by atoms with Gasteiger partial charge in [0.05, 0.1) is 35.8 Å². The smallest absolute Gasteiger partial charge is 0.247 e. The van der Waals surface area contributed by atoms with Crippen molar-refractivity contribution in [2.24, 2.45) is 15.0 Å². The number of hydrogen-bond donors (Lipinski definition) is 4. The number of imidazole rings is 1. The number of likely N-dealkylation sites (N-methyl/N-ethyl adjacent to an activating group) is 4. The van der Waals surface area contributed by atoms with Crippen molar-refractivity contribution in [2.75, 3.05) is 113 Å². The molecule has 4 aromatic carbocycles. The SMILES string of the molecule is CCN1CCN(Cc2ccc(Nc3ncc(F)c(-c4cc(C)c5c(c4)=[N+]4C(CCCC4(C)C)N=5)n3)nc2)CC1.CCN1CCN(Cc2ccc(Nc3ncc(F)c(-c4cc(C)c5c(c4)=[N+]4C(CCCC4(C)C)N=5)n3)nc2)CC1.CCN1CCc2nc(Nc3ncc(F)c(-c4cc(C)c5c(c4)=[N+]4C(CCCC4(C)C)N=5)n3)ccc2C1.CCN1CCc2nc(Nc3ncc(F)c(-c4cc(C)c5nc6n(c5c4)C(C)(C)CCC6)n3)ccc2C1. The number of nitrogens with one attached hydrogen (secondary N) is 4. The Bertz CT molecular complexity index is 7520. The highest BCUT2D eigenvalue weighted by Gasteiger charge is 2.47. The zero-order valence-electron chi connectivity index (χ0n) is 89.7. The molecule has 0 amide bonds. The number of rotatable bonds is 20. The molecule has 0 bridgehead atoms. The summed E-state index contributed by atoms with van der Waals surface area (Å²) < 4.78 is 69.8. The molecule has 0 saturated carbocycles. The van der Waals surface area contributed by atoms with Gasteiger partial charge in [-0.2, -0.15) is 0 Å². The summed E-state index contributed by atoms with van der Waals surface area (Å²) in [7, 11) is 0. The van der Waals surface area contributed by atoms with E-state index in [1.165, 1.54) is 53.5 Å². The molecular weight excluding hydrogens is 1890 g/mol. The first-order valence-electron chi connectivity index (χ1n) is 54.1. The van der Waals surface area contributed by atoms with Gasteiger partial charge in [-0.25, -0.2) is 111 Å². The second-order valence-corrected chi connectivity index (χ2v) is 44.7. The molecule has 3 atom stereocenters. The van der Waals surface area contributed by atoms with Crippen LogP contribution in [0.5, 0.6) is 0 Å². The van der Waals surface area contributed by atoms with E-state index in [0.29, 0.717) is 47.1 Å². The van der Waals surface area contributed by atoms with Crippen LogP contribution < -0.4 is 67.1 Å². The van der Waals surface area contributed by atoms with Crippen LogP contribution in [0.2, 0.25) is 0 Å². The van der Waals surface area contributed by atoms with Gasteiger partial charge in [-0.05, 0) is 199 Å². The van der Waals surface area contributed by atoms with Gasteiger partial charge in [-0.1, -0.05) is 52.0 Å². The molecule has 13 aromatic rings. The van der Waals surface area contributed by atoms with Gasteiger partial charge in [-0.15, -0.1) is 0 Å². The second-order valence-electron chi connectivity index (χ2n) is 44.7. The molecule has 3 unspecified atom stereocenters. The molecule has 11 aliphatic heterocycles. The first kappa shape index (κ1) is 103. The van der Waals surface area contributed by atoms with Crippen LogP contribution in [0.25, 0.3) is 56.1 Å². The van der Waals surface area contributed by atoms with Gasteiger partial charge in [0.25, 0.3) is 0 Å². The molecule has 34 heteroatoms. The zero-order valence-corrected chi connectivity index (χ0v) is 89.7. The van der Waals surface area contributed by atoms with E-state index in [2.05, 4.69) is 226 Å². The summed E-state index contributed by atoms with van der Waals surface area (Å²) in [5.41, 5.74) is 17.2. The highest BCUT2D eigenvalue weighted by molar-refractivity contribution is 5.86. The first-order chi connectivity index (χ1) is 72.2. The van der Waals surface area contributed by atoms with Crippen molar-refractivity contribution in [1.29, 1.82) is 0 Å². The number of anilines is 8. The number of aromatic nitrogens is 14. The van der Waals surface area contributed by atoms with Crippen LogP contribution in [-0.2, 0) is 51.0 Å². The first-order valence-corrected chi connectivity index (χ1v) is 54.1. The molecule has 20 heterocycles. The minimum absolute atomic E-state index is 0.00134. The van der Waals surface area contributed by atoms with Crippen LogP contribution >= 0.6 is 0 Å². The third-order valence-corrected chi connectivity index (χ3v) is 32.3. The van der Waals surface area contributed by atoms with E-state index in [9.17, 15) is 0 Å². The summed E-state index contributed by atoms with van der Waals surface area (Å²) in [4.78, 5) is 88.6. The summed E-state index contributed by atoms with van der Waals surface area (Å²) in [6.45, 7) is 53.8. The Morgan fingerprint density at radius 1 is 0.340 bits per heavy atom. The van der Waals surface area contributed by atoms with Crippen molar-refractivity contribution in [1.82, 2.24) is 112 Å². The summed E-state index contributed by atoms with van der Waals surface area (Å²) in [6.07, 6.45) is 24.2. The molecule has 5 fully saturated rings. The fourth-order valence-electron chi connectivity index (χ4n) is 24.1. The van der Waals surface area contributed by atoms with Crippen molar-refractivity contribution < 1.29 is 17.6 Å². The minimum Gasteiger partial charge on any atom is -0.322 e. The van der Waals surface area contributed by atoms with Crippen LogP contribution in [0.4, 0.5) is 64.6 Å². The van der Waals surface area contributed by atoms with Gasteiger partial charge in [0, 0.05) is 261 Å². The Kier molecular flexibility index (Phi) is 29.1. The normalized spacial score (nSPS) is 19.8. The minimum atomic E-state index is -0.449. The Morgan fingerprint density at radius 2 is 0.680 bits per heavy atom. The number of pyridine rings is 4. The number of halogens is 4. The largest absolute Gasteiger partial charge is 0.322 e. The van der Waals surface area contributed by atoms with Gasteiger partial charge in [0.2, 0.25) is 58.4 Å². The molecule has 0 radical (unpaired) electrons. The monoisotopic (exact) mass is 2030 g/mol. The van der Waals surface area contributed by atoms with Crippen molar-refractivity contribution >= 4 is 58.1 Å². The van der Waals surface area contributed by atoms with E-state index in [1.54, 1.807) is 0 Å². The Labute approximate surface area is 874 Å². The molecule has 4 N–H and O–H groups in total. The topological polar surface area (TPSA) is 286 Å². The van der Waals surface area contributed by atoms with E-state index < -0.39 is 23.3 Å². The zero-order chi connectivity index (χ0) is 104. The summed E-state index contributed by atoms with van der Waals surface area (Å²) in [5.74, 6) is 3.25. The highest BCUT2D eigenvalue weighted by atomic mass is 19.1. The van der Waals surface area contributed by atoms with Gasteiger partial charge >= 0.3 is 0 Å². The molecule has 30 nitrogen and oxygen atoms in total. The van der Waals surface area contributed by atoms with Crippen LogP contribution in [0.15, 0.2) is 149 Å². The highest BCUT2D eigenvalue weighted by Crippen LogP contribution is 2.40. The molecule has 150 heavy (non-hydrogen) atoms. The fraction of sp³-hybridized carbons (Fsp3) is 0.474. The van der Waals surface area contributed by atoms with Gasteiger partial charge in [-0.3, -0.25) is 19.6 Å². The summed E-state index contributed by atoms with van der Waals surface area (Å²) >= 11 is 0. The lowest BCUT2D eigenvalue weighted by Gasteiger charge is -2.33. The third-order valence-electron chi connectivity index (χ3n) is 32.3. The molecule has 24 rings (SSSR count).